The van der Waals surface area contributed by atoms with E-state index in [1.807, 2.05) is 18.2 Å². The second kappa shape index (κ2) is 7.56. The summed E-state index contributed by atoms with van der Waals surface area (Å²) in [6.07, 6.45) is 1.65. The molecule has 0 unspecified atom stereocenters. The topological polar surface area (TPSA) is 102 Å². The lowest BCUT2D eigenvalue weighted by atomic mass is 9.83. The van der Waals surface area contributed by atoms with Crippen LogP contribution in [-0.4, -0.2) is 56.7 Å². The number of amides is 1. The van der Waals surface area contributed by atoms with E-state index in [4.69, 9.17) is 9.47 Å². The third kappa shape index (κ3) is 3.77. The molecule has 0 radical (unpaired) electrons. The zero-order chi connectivity index (χ0) is 20.5. The molecule has 1 saturated heterocycles. The summed E-state index contributed by atoms with van der Waals surface area (Å²) >= 11 is 0. The minimum atomic E-state index is -3.33. The minimum Gasteiger partial charge on any atom is -0.496 e. The van der Waals surface area contributed by atoms with Crippen LogP contribution in [0.5, 0.6) is 5.75 Å². The largest absolute Gasteiger partial charge is 0.496 e. The molecule has 152 valence electrons. The van der Waals surface area contributed by atoms with Gasteiger partial charge in [0.15, 0.2) is 0 Å². The fraction of sp³-hybridized carbons (Fsp3) is 0.474. The average Bonchev–Trinajstić information content (AvgIpc) is 2.89. The van der Waals surface area contributed by atoms with Crippen molar-refractivity contribution in [2.45, 2.75) is 31.9 Å². The number of ether oxygens (including phenoxy) is 2. The zero-order valence-electron chi connectivity index (χ0n) is 16.1. The molecule has 0 aliphatic carbocycles. The Bertz CT molecular complexity index is 929. The van der Waals surface area contributed by atoms with E-state index >= 15 is 0 Å². The van der Waals surface area contributed by atoms with Gasteiger partial charge in [0.1, 0.15) is 11.4 Å². The van der Waals surface area contributed by atoms with Crippen LogP contribution in [0.2, 0.25) is 0 Å². The van der Waals surface area contributed by atoms with E-state index in [0.29, 0.717) is 11.3 Å². The van der Waals surface area contributed by atoms with E-state index in [0.717, 1.165) is 11.8 Å². The highest BCUT2D eigenvalue weighted by Crippen LogP contribution is 2.41. The molecule has 8 nitrogen and oxygen atoms in total. The van der Waals surface area contributed by atoms with Crippen molar-refractivity contribution in [1.82, 2.24) is 9.62 Å². The fourth-order valence-corrected chi connectivity index (χ4v) is 4.62. The van der Waals surface area contributed by atoms with Crippen molar-refractivity contribution in [3.63, 3.8) is 0 Å². The molecular weight excluding hydrogens is 384 g/mol. The Kier molecular flexibility index (Phi) is 5.49. The molecule has 28 heavy (non-hydrogen) atoms. The van der Waals surface area contributed by atoms with E-state index in [-0.39, 0.29) is 44.0 Å². The molecule has 2 aliphatic rings. The van der Waals surface area contributed by atoms with Gasteiger partial charge in [-0.05, 0) is 13.0 Å². The summed E-state index contributed by atoms with van der Waals surface area (Å²) in [6.45, 7) is 2.20. The van der Waals surface area contributed by atoms with Crippen molar-refractivity contribution >= 4 is 21.9 Å². The number of piperidine rings is 1. The summed E-state index contributed by atoms with van der Waals surface area (Å²) in [7, 11) is -1.77. The van der Waals surface area contributed by atoms with Crippen LogP contribution >= 0.6 is 0 Å². The van der Waals surface area contributed by atoms with Crippen molar-refractivity contribution in [3.8, 4) is 5.75 Å². The third-order valence-electron chi connectivity index (χ3n) is 5.28. The van der Waals surface area contributed by atoms with Gasteiger partial charge >= 0.3 is 5.97 Å². The molecular formula is C19H24N2O6S. The van der Waals surface area contributed by atoms with Crippen molar-refractivity contribution in [3.05, 3.63) is 41.0 Å². The molecule has 1 N–H and O–H groups in total. The summed E-state index contributed by atoms with van der Waals surface area (Å²) in [5.41, 5.74) is 0.293. The lowest BCUT2D eigenvalue weighted by molar-refractivity contribution is -0.150. The normalized spacial score (nSPS) is 19.6. The summed E-state index contributed by atoms with van der Waals surface area (Å²) in [4.78, 5) is 25.2. The van der Waals surface area contributed by atoms with Crippen LogP contribution in [0.4, 0.5) is 0 Å². The molecule has 1 aromatic carbocycles. The van der Waals surface area contributed by atoms with Gasteiger partial charge < -0.3 is 14.8 Å². The van der Waals surface area contributed by atoms with E-state index in [1.165, 1.54) is 4.31 Å². The second-order valence-corrected chi connectivity index (χ2v) is 9.02. The molecule has 0 bridgehead atoms. The molecule has 9 heteroatoms. The Hall–Kier alpha value is -2.39. The highest BCUT2D eigenvalue weighted by Gasteiger charge is 2.51. The lowest BCUT2D eigenvalue weighted by Gasteiger charge is -2.38. The molecule has 0 aromatic heterocycles. The number of carbonyl (C=O) groups is 2. The monoisotopic (exact) mass is 408 g/mol. The van der Waals surface area contributed by atoms with Crippen LogP contribution in [0.15, 0.2) is 35.4 Å². The molecule has 1 fully saturated rings. The zero-order valence-corrected chi connectivity index (χ0v) is 17.0. The Morgan fingerprint density at radius 1 is 1.29 bits per heavy atom. The predicted octanol–water partition coefficient (Wildman–Crippen LogP) is 0.979. The third-order valence-corrected chi connectivity index (χ3v) is 6.59. The maximum atomic E-state index is 13.0. The van der Waals surface area contributed by atoms with Gasteiger partial charge in [0, 0.05) is 43.6 Å². The van der Waals surface area contributed by atoms with Gasteiger partial charge in [0.2, 0.25) is 10.0 Å². The summed E-state index contributed by atoms with van der Waals surface area (Å²) < 4.78 is 35.7. The van der Waals surface area contributed by atoms with Gasteiger partial charge in [-0.3, -0.25) is 4.79 Å². The lowest BCUT2D eigenvalue weighted by Crippen LogP contribution is -2.50. The van der Waals surface area contributed by atoms with Crippen LogP contribution < -0.4 is 10.1 Å². The Morgan fingerprint density at radius 2 is 1.93 bits per heavy atom. The fourth-order valence-electron chi connectivity index (χ4n) is 3.77. The number of nitrogens with one attached hydrogen (secondary N) is 1. The summed E-state index contributed by atoms with van der Waals surface area (Å²) in [5.74, 6) is -0.263. The van der Waals surface area contributed by atoms with E-state index < -0.39 is 21.6 Å². The van der Waals surface area contributed by atoms with Gasteiger partial charge in [0.05, 0.1) is 18.9 Å². The number of nitrogens with zero attached hydrogens (tertiary/aromatic N) is 1. The van der Waals surface area contributed by atoms with Gasteiger partial charge in [-0.25, -0.2) is 17.5 Å². The Morgan fingerprint density at radius 3 is 2.54 bits per heavy atom. The van der Waals surface area contributed by atoms with Gasteiger partial charge in [-0.1, -0.05) is 18.2 Å². The average molecular weight is 408 g/mol. The van der Waals surface area contributed by atoms with Crippen molar-refractivity contribution < 1.29 is 27.5 Å². The van der Waals surface area contributed by atoms with E-state index in [1.54, 1.807) is 20.1 Å². The Labute approximate surface area is 164 Å². The van der Waals surface area contributed by atoms with E-state index in [2.05, 4.69) is 5.32 Å². The molecule has 2 aliphatic heterocycles. The number of para-hydroxylation sites is 1. The van der Waals surface area contributed by atoms with Gasteiger partial charge in [-0.2, -0.15) is 0 Å². The predicted molar refractivity (Wildman–Crippen MR) is 102 cm³/mol. The van der Waals surface area contributed by atoms with Crippen molar-refractivity contribution in [1.29, 1.82) is 0 Å². The van der Waals surface area contributed by atoms with Crippen LogP contribution in [0.1, 0.15) is 25.3 Å². The number of carbonyl (C=O) groups excluding carboxylic acids is 2. The number of sulfonamides is 1. The molecule has 1 aromatic rings. The number of hydrogen-bond acceptors (Lipinski definition) is 6. The summed E-state index contributed by atoms with van der Waals surface area (Å²) in [6, 6.07) is 7.33. The standard InChI is InChI=1S/C19H24N2O6S/c1-13-16(17(22)20-12-14-6-4-5-7-15(14)26-2)19(27-18(13)23)8-10-21(11-9-19)28(3,24)25/h4-7H,8-12H2,1-3H3,(H,20,22). The van der Waals surface area contributed by atoms with Crippen LogP contribution in [0.25, 0.3) is 0 Å². The SMILES string of the molecule is COc1ccccc1CNC(=O)C1=C(C)C(=O)OC12CCN(S(C)(=O)=O)CC2. The van der Waals surface area contributed by atoms with E-state index in [9.17, 15) is 18.0 Å². The highest BCUT2D eigenvalue weighted by molar-refractivity contribution is 7.88. The number of hydrogen-bond donors (Lipinski definition) is 1. The molecule has 2 heterocycles. The van der Waals surface area contributed by atoms with Crippen LogP contribution in [-0.2, 0) is 30.9 Å². The van der Waals surface area contributed by atoms with Gasteiger partial charge in [-0.15, -0.1) is 0 Å². The first-order chi connectivity index (χ1) is 13.2. The van der Waals surface area contributed by atoms with Crippen molar-refractivity contribution in [2.75, 3.05) is 26.5 Å². The molecule has 3 rings (SSSR count). The second-order valence-electron chi connectivity index (χ2n) is 7.04. The molecule has 1 amide bonds. The smallest absolute Gasteiger partial charge is 0.335 e. The number of methoxy groups -OCH3 is 1. The number of esters is 1. The number of benzene rings is 1. The first-order valence-electron chi connectivity index (χ1n) is 8.98. The first kappa shape index (κ1) is 20.3. The van der Waals surface area contributed by atoms with Crippen LogP contribution in [0, 0.1) is 0 Å². The minimum absolute atomic E-state index is 0.197. The number of rotatable bonds is 5. The quantitative estimate of drug-likeness (QED) is 0.729. The summed E-state index contributed by atoms with van der Waals surface area (Å²) in [5, 5.41) is 2.84. The van der Waals surface area contributed by atoms with Crippen LogP contribution in [0.3, 0.4) is 0 Å². The maximum Gasteiger partial charge on any atom is 0.335 e. The van der Waals surface area contributed by atoms with Gasteiger partial charge in [0.25, 0.3) is 5.91 Å². The molecule has 0 atom stereocenters. The Balaban J connectivity index is 1.78. The molecule has 0 saturated carbocycles. The van der Waals surface area contributed by atoms with Crippen molar-refractivity contribution in [2.24, 2.45) is 0 Å². The molecule has 1 spiro atoms. The first-order valence-corrected chi connectivity index (χ1v) is 10.8. The maximum absolute atomic E-state index is 13.0. The highest BCUT2D eigenvalue weighted by atomic mass is 32.2.